The van der Waals surface area contributed by atoms with Crippen LogP contribution in [-0.2, 0) is 6.54 Å². The summed E-state index contributed by atoms with van der Waals surface area (Å²) in [4.78, 5) is 21.3. The summed E-state index contributed by atoms with van der Waals surface area (Å²) < 4.78 is 0. The zero-order valence-corrected chi connectivity index (χ0v) is 14.2. The third-order valence-electron chi connectivity index (χ3n) is 4.82. The monoisotopic (exact) mass is 337 g/mol. The van der Waals surface area contributed by atoms with Crippen LogP contribution >= 0.6 is 0 Å². The lowest BCUT2D eigenvalue weighted by atomic mass is 10.1. The summed E-state index contributed by atoms with van der Waals surface area (Å²) in [7, 11) is 0. The molecule has 0 saturated carbocycles. The number of anilines is 2. The van der Waals surface area contributed by atoms with E-state index < -0.39 is 0 Å². The van der Waals surface area contributed by atoms with E-state index in [0.717, 1.165) is 49.7 Å². The zero-order chi connectivity index (χ0) is 17.1. The SMILES string of the molecule is O=C(N[C@H]1CCNC1)N1CCN(Cc2ccccn2)c2ccccc21. The Morgan fingerprint density at radius 1 is 1.16 bits per heavy atom. The maximum atomic E-state index is 12.7. The lowest BCUT2D eigenvalue weighted by molar-refractivity contribution is 0.243. The molecule has 0 aliphatic carbocycles. The van der Waals surface area contributed by atoms with E-state index in [1.165, 1.54) is 0 Å². The zero-order valence-electron chi connectivity index (χ0n) is 14.2. The first-order valence-corrected chi connectivity index (χ1v) is 8.84. The van der Waals surface area contributed by atoms with Gasteiger partial charge in [-0.25, -0.2) is 4.79 Å². The van der Waals surface area contributed by atoms with Crippen LogP contribution in [0.1, 0.15) is 12.1 Å². The predicted molar refractivity (Wildman–Crippen MR) is 98.9 cm³/mol. The Morgan fingerprint density at radius 3 is 2.76 bits per heavy atom. The van der Waals surface area contributed by atoms with Crippen molar-refractivity contribution >= 4 is 17.4 Å². The molecule has 6 nitrogen and oxygen atoms in total. The third-order valence-corrected chi connectivity index (χ3v) is 4.82. The molecule has 6 heteroatoms. The number of carbonyl (C=O) groups excluding carboxylic acids is 1. The molecule has 2 aliphatic heterocycles. The van der Waals surface area contributed by atoms with E-state index in [0.29, 0.717) is 6.54 Å². The number of aromatic nitrogens is 1. The van der Waals surface area contributed by atoms with Gasteiger partial charge in [0.15, 0.2) is 0 Å². The van der Waals surface area contributed by atoms with E-state index in [9.17, 15) is 4.79 Å². The van der Waals surface area contributed by atoms with Gasteiger partial charge in [-0.2, -0.15) is 0 Å². The second-order valence-electron chi connectivity index (χ2n) is 6.52. The minimum absolute atomic E-state index is 0.00126. The molecule has 1 aromatic heterocycles. The van der Waals surface area contributed by atoms with Crippen molar-refractivity contribution in [3.8, 4) is 0 Å². The molecule has 4 rings (SSSR count). The lowest BCUT2D eigenvalue weighted by Gasteiger charge is -2.38. The summed E-state index contributed by atoms with van der Waals surface area (Å²) in [6.45, 7) is 4.05. The molecular weight excluding hydrogens is 314 g/mol. The van der Waals surface area contributed by atoms with Crippen molar-refractivity contribution in [3.05, 3.63) is 54.4 Å². The number of hydrogen-bond acceptors (Lipinski definition) is 4. The summed E-state index contributed by atoms with van der Waals surface area (Å²) in [6, 6.07) is 14.3. The van der Waals surface area contributed by atoms with Gasteiger partial charge >= 0.3 is 6.03 Å². The number of carbonyl (C=O) groups is 1. The molecule has 2 aromatic rings. The molecule has 130 valence electrons. The first-order chi connectivity index (χ1) is 12.3. The first kappa shape index (κ1) is 15.9. The number of pyridine rings is 1. The van der Waals surface area contributed by atoms with Crippen LogP contribution in [0.5, 0.6) is 0 Å². The van der Waals surface area contributed by atoms with Gasteiger partial charge in [0, 0.05) is 31.9 Å². The maximum Gasteiger partial charge on any atom is 0.322 e. The average molecular weight is 337 g/mol. The Morgan fingerprint density at radius 2 is 2.00 bits per heavy atom. The van der Waals surface area contributed by atoms with Gasteiger partial charge in [0.05, 0.1) is 23.6 Å². The van der Waals surface area contributed by atoms with Crippen molar-refractivity contribution in [1.82, 2.24) is 15.6 Å². The van der Waals surface area contributed by atoms with Crippen LogP contribution in [0.4, 0.5) is 16.2 Å². The Balaban J connectivity index is 1.53. The molecule has 0 unspecified atom stereocenters. The van der Waals surface area contributed by atoms with Crippen molar-refractivity contribution in [1.29, 1.82) is 0 Å². The van der Waals surface area contributed by atoms with Crippen molar-refractivity contribution in [2.75, 3.05) is 36.0 Å². The summed E-state index contributed by atoms with van der Waals surface area (Å²) in [5.74, 6) is 0. The molecule has 1 aromatic carbocycles. The fourth-order valence-corrected chi connectivity index (χ4v) is 3.51. The van der Waals surface area contributed by atoms with Crippen molar-refractivity contribution in [2.24, 2.45) is 0 Å². The van der Waals surface area contributed by atoms with Crippen LogP contribution in [0.2, 0.25) is 0 Å². The number of benzene rings is 1. The van der Waals surface area contributed by atoms with Crippen LogP contribution in [0.25, 0.3) is 0 Å². The maximum absolute atomic E-state index is 12.7. The Kier molecular flexibility index (Phi) is 4.52. The fraction of sp³-hybridized carbons (Fsp3) is 0.368. The fourth-order valence-electron chi connectivity index (χ4n) is 3.51. The Bertz CT molecular complexity index is 730. The highest BCUT2D eigenvalue weighted by molar-refractivity contribution is 5.97. The quantitative estimate of drug-likeness (QED) is 0.899. The van der Waals surface area contributed by atoms with Gasteiger partial charge in [0.1, 0.15) is 0 Å². The molecular formula is C19H23N5O. The van der Waals surface area contributed by atoms with Gasteiger partial charge in [-0.3, -0.25) is 9.88 Å². The highest BCUT2D eigenvalue weighted by atomic mass is 16.2. The minimum Gasteiger partial charge on any atom is -0.362 e. The molecule has 0 spiro atoms. The van der Waals surface area contributed by atoms with Crippen LogP contribution in [0.15, 0.2) is 48.7 Å². The second kappa shape index (κ2) is 7.11. The minimum atomic E-state index is -0.00126. The second-order valence-corrected chi connectivity index (χ2v) is 6.52. The van der Waals surface area contributed by atoms with Gasteiger partial charge in [0.2, 0.25) is 0 Å². The normalized spacial score (nSPS) is 19.6. The summed E-state index contributed by atoms with van der Waals surface area (Å²) in [5, 5.41) is 6.43. The molecule has 2 aliphatic rings. The Labute approximate surface area is 147 Å². The molecule has 1 fully saturated rings. The van der Waals surface area contributed by atoms with Gasteiger partial charge in [-0.05, 0) is 37.2 Å². The number of para-hydroxylation sites is 2. The standard InChI is InChI=1S/C19H23N5O/c25-19(22-15-8-10-20-13-15)24-12-11-23(14-16-5-3-4-9-21-16)17-6-1-2-7-18(17)24/h1-7,9,15,20H,8,10-14H2,(H,22,25)/t15-/m0/s1. The van der Waals surface area contributed by atoms with Crippen LogP contribution in [0, 0.1) is 0 Å². The largest absolute Gasteiger partial charge is 0.362 e. The average Bonchev–Trinajstić information content (AvgIpc) is 3.16. The van der Waals surface area contributed by atoms with Crippen LogP contribution in [0.3, 0.4) is 0 Å². The molecule has 3 heterocycles. The first-order valence-electron chi connectivity index (χ1n) is 8.84. The molecule has 25 heavy (non-hydrogen) atoms. The Hall–Kier alpha value is -2.60. The van der Waals surface area contributed by atoms with Gasteiger partial charge < -0.3 is 15.5 Å². The highest BCUT2D eigenvalue weighted by Crippen LogP contribution is 2.33. The van der Waals surface area contributed by atoms with Crippen molar-refractivity contribution in [2.45, 2.75) is 19.0 Å². The summed E-state index contributed by atoms with van der Waals surface area (Å²) >= 11 is 0. The molecule has 2 N–H and O–H groups in total. The number of fused-ring (bicyclic) bond motifs is 1. The number of urea groups is 1. The number of amides is 2. The molecule has 0 bridgehead atoms. The molecule has 2 amide bonds. The van der Waals surface area contributed by atoms with Gasteiger partial charge in [-0.1, -0.05) is 18.2 Å². The van der Waals surface area contributed by atoms with Gasteiger partial charge in [-0.15, -0.1) is 0 Å². The summed E-state index contributed by atoms with van der Waals surface area (Å²) in [6.07, 6.45) is 2.81. The van der Waals surface area contributed by atoms with Crippen LogP contribution in [-0.4, -0.2) is 43.2 Å². The smallest absolute Gasteiger partial charge is 0.322 e. The van der Waals surface area contributed by atoms with E-state index >= 15 is 0 Å². The predicted octanol–water partition coefficient (Wildman–Crippen LogP) is 1.98. The number of nitrogens with one attached hydrogen (secondary N) is 2. The number of rotatable bonds is 3. The summed E-state index contributed by atoms with van der Waals surface area (Å²) in [5.41, 5.74) is 3.08. The lowest BCUT2D eigenvalue weighted by Crippen LogP contribution is -2.50. The van der Waals surface area contributed by atoms with Crippen molar-refractivity contribution in [3.63, 3.8) is 0 Å². The van der Waals surface area contributed by atoms with E-state index in [1.54, 1.807) is 0 Å². The topological polar surface area (TPSA) is 60.5 Å². The molecule has 0 radical (unpaired) electrons. The molecule has 1 atom stereocenters. The van der Waals surface area contributed by atoms with Gasteiger partial charge in [0.25, 0.3) is 0 Å². The molecule has 1 saturated heterocycles. The van der Waals surface area contributed by atoms with E-state index in [1.807, 2.05) is 47.5 Å². The number of hydrogen-bond donors (Lipinski definition) is 2. The van der Waals surface area contributed by atoms with E-state index in [4.69, 9.17) is 0 Å². The highest BCUT2D eigenvalue weighted by Gasteiger charge is 2.28. The van der Waals surface area contributed by atoms with E-state index in [2.05, 4.69) is 26.6 Å². The third kappa shape index (κ3) is 3.44. The number of nitrogens with zero attached hydrogens (tertiary/aromatic N) is 3. The van der Waals surface area contributed by atoms with Crippen LogP contribution < -0.4 is 20.4 Å². The van der Waals surface area contributed by atoms with Crippen molar-refractivity contribution < 1.29 is 4.79 Å². The van der Waals surface area contributed by atoms with E-state index in [-0.39, 0.29) is 12.1 Å².